The second-order valence-electron chi connectivity index (χ2n) is 5.77. The molecule has 2 aromatic rings. The van der Waals surface area contributed by atoms with E-state index in [1.165, 1.54) is 12.0 Å². The molecule has 0 radical (unpaired) electrons. The number of hydrogen-bond acceptors (Lipinski definition) is 3. The lowest BCUT2D eigenvalue weighted by Crippen LogP contribution is -2.34. The van der Waals surface area contributed by atoms with Crippen LogP contribution in [0.1, 0.15) is 18.9 Å². The third-order valence-electron chi connectivity index (χ3n) is 4.30. The van der Waals surface area contributed by atoms with Crippen molar-refractivity contribution >= 4 is 5.82 Å². The van der Waals surface area contributed by atoms with Gasteiger partial charge in [0.05, 0.1) is 0 Å². The third kappa shape index (κ3) is 3.61. The van der Waals surface area contributed by atoms with Gasteiger partial charge in [-0.2, -0.15) is 0 Å². The van der Waals surface area contributed by atoms with E-state index >= 15 is 0 Å². The van der Waals surface area contributed by atoms with Gasteiger partial charge in [0, 0.05) is 38.4 Å². The molecule has 0 saturated carbocycles. The first-order chi connectivity index (χ1) is 10.3. The maximum Gasteiger partial charge on any atom is 0.128 e. The molecule has 0 amide bonds. The lowest BCUT2D eigenvalue weighted by atomic mass is 10.1. The summed E-state index contributed by atoms with van der Waals surface area (Å²) in [7, 11) is 0. The highest BCUT2D eigenvalue weighted by Crippen LogP contribution is 2.18. The number of benzene rings is 1. The van der Waals surface area contributed by atoms with E-state index in [0.29, 0.717) is 6.04 Å². The van der Waals surface area contributed by atoms with Gasteiger partial charge in [-0.1, -0.05) is 36.4 Å². The molecule has 1 aliphatic rings. The third-order valence-corrected chi connectivity index (χ3v) is 4.30. The van der Waals surface area contributed by atoms with E-state index in [2.05, 4.69) is 64.2 Å². The summed E-state index contributed by atoms with van der Waals surface area (Å²) >= 11 is 0. The first-order valence-corrected chi connectivity index (χ1v) is 7.77. The van der Waals surface area contributed by atoms with Crippen molar-refractivity contribution in [1.82, 2.24) is 9.88 Å². The molecule has 3 rings (SSSR count). The van der Waals surface area contributed by atoms with E-state index in [1.54, 1.807) is 0 Å². The van der Waals surface area contributed by atoms with E-state index < -0.39 is 0 Å². The van der Waals surface area contributed by atoms with Crippen LogP contribution in [0.5, 0.6) is 0 Å². The van der Waals surface area contributed by atoms with Gasteiger partial charge in [0.25, 0.3) is 0 Å². The Labute approximate surface area is 127 Å². The number of anilines is 1. The van der Waals surface area contributed by atoms with E-state index in [1.807, 2.05) is 12.3 Å². The van der Waals surface area contributed by atoms with Crippen molar-refractivity contribution in [3.63, 3.8) is 0 Å². The summed E-state index contributed by atoms with van der Waals surface area (Å²) in [6.07, 6.45) is 3.06. The molecule has 0 spiro atoms. The zero-order valence-electron chi connectivity index (χ0n) is 12.7. The predicted octanol–water partition coefficient (Wildman–Crippen LogP) is 3.18. The number of pyridine rings is 1. The summed E-state index contributed by atoms with van der Waals surface area (Å²) in [6.45, 7) is 6.60. The van der Waals surface area contributed by atoms with Crippen LogP contribution in [0.15, 0.2) is 54.7 Å². The first kappa shape index (κ1) is 14.1. The Bertz CT molecular complexity index is 541. The zero-order valence-corrected chi connectivity index (χ0v) is 12.7. The van der Waals surface area contributed by atoms with Gasteiger partial charge in [-0.25, -0.2) is 4.98 Å². The highest BCUT2D eigenvalue weighted by Gasteiger charge is 2.21. The van der Waals surface area contributed by atoms with Crippen molar-refractivity contribution < 1.29 is 0 Å². The lowest BCUT2D eigenvalue weighted by Gasteiger charge is -2.26. The molecule has 3 nitrogen and oxygen atoms in total. The Balaban J connectivity index is 1.66. The maximum atomic E-state index is 4.49. The normalized spacial score (nSPS) is 20.2. The van der Waals surface area contributed by atoms with Crippen LogP contribution in [0.2, 0.25) is 0 Å². The Hall–Kier alpha value is -1.87. The molecule has 1 saturated heterocycles. The van der Waals surface area contributed by atoms with Gasteiger partial charge in [-0.3, -0.25) is 4.90 Å². The van der Waals surface area contributed by atoms with Crippen LogP contribution in [0, 0.1) is 0 Å². The number of hydrogen-bond donors (Lipinski definition) is 0. The SMILES string of the molecule is CC1CCN(c2ccccn2)CCN1Cc1ccccc1. The number of nitrogens with zero attached hydrogens (tertiary/aromatic N) is 3. The topological polar surface area (TPSA) is 19.4 Å². The van der Waals surface area contributed by atoms with Crippen molar-refractivity contribution in [3.05, 3.63) is 60.3 Å². The van der Waals surface area contributed by atoms with E-state index in [0.717, 1.165) is 32.0 Å². The minimum Gasteiger partial charge on any atom is -0.355 e. The van der Waals surface area contributed by atoms with Gasteiger partial charge >= 0.3 is 0 Å². The Kier molecular flexibility index (Phi) is 4.51. The molecule has 0 bridgehead atoms. The van der Waals surface area contributed by atoms with Crippen LogP contribution in [-0.4, -0.2) is 35.6 Å². The maximum absolute atomic E-state index is 4.49. The summed E-state index contributed by atoms with van der Waals surface area (Å²) in [4.78, 5) is 9.47. The van der Waals surface area contributed by atoms with Crippen molar-refractivity contribution in [2.45, 2.75) is 25.9 Å². The molecule has 1 fully saturated rings. The average Bonchev–Trinajstić information content (AvgIpc) is 2.72. The molecule has 3 heteroatoms. The van der Waals surface area contributed by atoms with Crippen LogP contribution in [0.25, 0.3) is 0 Å². The molecule has 2 heterocycles. The molecule has 1 unspecified atom stereocenters. The van der Waals surface area contributed by atoms with Crippen LogP contribution in [-0.2, 0) is 6.54 Å². The summed E-state index contributed by atoms with van der Waals surface area (Å²) in [6, 6.07) is 17.5. The van der Waals surface area contributed by atoms with E-state index in [-0.39, 0.29) is 0 Å². The second kappa shape index (κ2) is 6.72. The van der Waals surface area contributed by atoms with E-state index in [9.17, 15) is 0 Å². The fourth-order valence-corrected chi connectivity index (χ4v) is 2.93. The van der Waals surface area contributed by atoms with Gasteiger partial charge in [-0.05, 0) is 31.0 Å². The monoisotopic (exact) mass is 281 g/mol. The first-order valence-electron chi connectivity index (χ1n) is 7.77. The molecule has 110 valence electrons. The standard InChI is InChI=1S/C18H23N3/c1-16-10-12-20(18-9-5-6-11-19-18)13-14-21(16)15-17-7-3-2-4-8-17/h2-9,11,16H,10,12-15H2,1H3. The molecule has 1 aromatic carbocycles. The molecule has 0 N–H and O–H groups in total. The highest BCUT2D eigenvalue weighted by atomic mass is 15.3. The van der Waals surface area contributed by atoms with Crippen molar-refractivity contribution in [2.75, 3.05) is 24.5 Å². The number of rotatable bonds is 3. The summed E-state index contributed by atoms with van der Waals surface area (Å²) < 4.78 is 0. The second-order valence-corrected chi connectivity index (χ2v) is 5.77. The number of aromatic nitrogens is 1. The molecule has 1 aliphatic heterocycles. The fraction of sp³-hybridized carbons (Fsp3) is 0.389. The minimum absolute atomic E-state index is 0.610. The van der Waals surface area contributed by atoms with E-state index in [4.69, 9.17) is 0 Å². The summed E-state index contributed by atoms with van der Waals surface area (Å²) in [5.74, 6) is 1.10. The van der Waals surface area contributed by atoms with Gasteiger partial charge < -0.3 is 4.90 Å². The van der Waals surface area contributed by atoms with Gasteiger partial charge in [0.1, 0.15) is 5.82 Å². The summed E-state index contributed by atoms with van der Waals surface area (Å²) in [5.41, 5.74) is 1.40. The Morgan fingerprint density at radius 2 is 1.81 bits per heavy atom. The van der Waals surface area contributed by atoms with Crippen molar-refractivity contribution in [1.29, 1.82) is 0 Å². The molecule has 0 aliphatic carbocycles. The lowest BCUT2D eigenvalue weighted by molar-refractivity contribution is 0.212. The van der Waals surface area contributed by atoms with Crippen LogP contribution in [0.4, 0.5) is 5.82 Å². The summed E-state index contributed by atoms with van der Waals surface area (Å²) in [5, 5.41) is 0. The van der Waals surface area contributed by atoms with Gasteiger partial charge in [0.15, 0.2) is 0 Å². The molecule has 1 aromatic heterocycles. The Morgan fingerprint density at radius 1 is 1.00 bits per heavy atom. The average molecular weight is 281 g/mol. The minimum atomic E-state index is 0.610. The van der Waals surface area contributed by atoms with Gasteiger partial charge in [-0.15, -0.1) is 0 Å². The Morgan fingerprint density at radius 3 is 2.57 bits per heavy atom. The van der Waals surface area contributed by atoms with Gasteiger partial charge in [0.2, 0.25) is 0 Å². The van der Waals surface area contributed by atoms with Crippen LogP contribution >= 0.6 is 0 Å². The largest absolute Gasteiger partial charge is 0.355 e. The van der Waals surface area contributed by atoms with Crippen LogP contribution < -0.4 is 4.90 Å². The predicted molar refractivity (Wildman–Crippen MR) is 87.4 cm³/mol. The molecule has 1 atom stereocenters. The smallest absolute Gasteiger partial charge is 0.128 e. The van der Waals surface area contributed by atoms with Crippen molar-refractivity contribution in [3.8, 4) is 0 Å². The quantitative estimate of drug-likeness (QED) is 0.861. The van der Waals surface area contributed by atoms with Crippen molar-refractivity contribution in [2.24, 2.45) is 0 Å². The molecular weight excluding hydrogens is 258 g/mol. The van der Waals surface area contributed by atoms with Crippen LogP contribution in [0.3, 0.4) is 0 Å². The molecule has 21 heavy (non-hydrogen) atoms. The zero-order chi connectivity index (χ0) is 14.5. The highest BCUT2D eigenvalue weighted by molar-refractivity contribution is 5.37. The molecular formula is C18H23N3. The fourth-order valence-electron chi connectivity index (χ4n) is 2.93.